The molecule has 1 aromatic heterocycles. The molecule has 4 nitrogen and oxygen atoms in total. The number of amides is 1. The number of aromatic nitrogens is 1. The third-order valence-electron chi connectivity index (χ3n) is 1.73. The van der Waals surface area contributed by atoms with Crippen LogP contribution < -0.4 is 5.32 Å². The van der Waals surface area contributed by atoms with Gasteiger partial charge in [0.15, 0.2) is 0 Å². The lowest BCUT2D eigenvalue weighted by Gasteiger charge is -2.01. The third-order valence-corrected chi connectivity index (χ3v) is 1.73. The summed E-state index contributed by atoms with van der Waals surface area (Å²) in [5.41, 5.74) is 1.16. The average Bonchev–Trinajstić information content (AvgIpc) is 2.72. The molecule has 0 fully saturated rings. The molecule has 2 rings (SSSR count). The molecule has 2 aromatic rings. The first-order valence-corrected chi connectivity index (χ1v) is 4.12. The van der Waals surface area contributed by atoms with Crippen LogP contribution in [0, 0.1) is 0 Å². The SMILES string of the molecule is O=C(Nc1ccccc1)c1cnoc1. The molecule has 0 bridgehead atoms. The number of nitrogens with one attached hydrogen (secondary N) is 1. The molecular weight excluding hydrogens is 180 g/mol. The number of hydrogen-bond donors (Lipinski definition) is 1. The number of anilines is 1. The van der Waals surface area contributed by atoms with Gasteiger partial charge in [-0.1, -0.05) is 23.4 Å². The summed E-state index contributed by atoms with van der Waals surface area (Å²) in [5.74, 6) is -0.225. The molecule has 0 saturated heterocycles. The topological polar surface area (TPSA) is 55.1 Å². The third kappa shape index (κ3) is 1.80. The van der Waals surface area contributed by atoms with Crippen molar-refractivity contribution in [1.29, 1.82) is 0 Å². The Bertz CT molecular complexity index is 409. The predicted molar refractivity (Wildman–Crippen MR) is 50.9 cm³/mol. The fourth-order valence-corrected chi connectivity index (χ4v) is 1.04. The van der Waals surface area contributed by atoms with Crippen LogP contribution in [-0.2, 0) is 0 Å². The molecule has 1 aromatic carbocycles. The minimum atomic E-state index is -0.225. The number of carbonyl (C=O) groups is 1. The maximum Gasteiger partial charge on any atom is 0.260 e. The van der Waals surface area contributed by atoms with Crippen molar-refractivity contribution in [2.45, 2.75) is 0 Å². The largest absolute Gasteiger partial charge is 0.364 e. The Labute approximate surface area is 80.5 Å². The van der Waals surface area contributed by atoms with Crippen molar-refractivity contribution in [3.63, 3.8) is 0 Å². The Kier molecular flexibility index (Phi) is 2.27. The first-order valence-electron chi connectivity index (χ1n) is 4.12. The second kappa shape index (κ2) is 3.74. The van der Waals surface area contributed by atoms with E-state index in [0.717, 1.165) is 5.69 Å². The predicted octanol–water partition coefficient (Wildman–Crippen LogP) is 1.93. The van der Waals surface area contributed by atoms with Crippen molar-refractivity contribution >= 4 is 11.6 Å². The van der Waals surface area contributed by atoms with Crippen LogP contribution in [0.2, 0.25) is 0 Å². The standard InChI is InChI=1S/C10H8N2O2/c13-10(8-6-11-14-7-8)12-9-4-2-1-3-5-9/h1-7H,(H,12,13). The van der Waals surface area contributed by atoms with Gasteiger partial charge in [0.25, 0.3) is 5.91 Å². The second-order valence-electron chi connectivity index (χ2n) is 2.73. The Balaban J connectivity index is 2.10. The molecular formula is C10H8N2O2. The number of nitrogens with zero attached hydrogens (tertiary/aromatic N) is 1. The first kappa shape index (κ1) is 8.50. The van der Waals surface area contributed by atoms with E-state index >= 15 is 0 Å². The minimum Gasteiger partial charge on any atom is -0.364 e. The van der Waals surface area contributed by atoms with Gasteiger partial charge < -0.3 is 9.84 Å². The van der Waals surface area contributed by atoms with Crippen LogP contribution in [0.5, 0.6) is 0 Å². The molecule has 70 valence electrons. The summed E-state index contributed by atoms with van der Waals surface area (Å²) in [7, 11) is 0. The molecule has 0 unspecified atom stereocenters. The minimum absolute atomic E-state index is 0.225. The van der Waals surface area contributed by atoms with Gasteiger partial charge in [-0.2, -0.15) is 0 Å². The maximum absolute atomic E-state index is 11.5. The molecule has 4 heteroatoms. The summed E-state index contributed by atoms with van der Waals surface area (Å²) in [4.78, 5) is 11.5. The van der Waals surface area contributed by atoms with Crippen LogP contribution in [0.25, 0.3) is 0 Å². The van der Waals surface area contributed by atoms with E-state index in [1.165, 1.54) is 12.5 Å². The zero-order chi connectivity index (χ0) is 9.80. The second-order valence-corrected chi connectivity index (χ2v) is 2.73. The van der Waals surface area contributed by atoms with Gasteiger partial charge in [-0.15, -0.1) is 0 Å². The van der Waals surface area contributed by atoms with Gasteiger partial charge in [-0.05, 0) is 12.1 Å². The molecule has 1 amide bonds. The van der Waals surface area contributed by atoms with E-state index in [-0.39, 0.29) is 5.91 Å². The monoisotopic (exact) mass is 188 g/mol. The highest BCUT2D eigenvalue weighted by Crippen LogP contribution is 2.07. The molecule has 0 spiro atoms. The fraction of sp³-hybridized carbons (Fsp3) is 0. The lowest BCUT2D eigenvalue weighted by Crippen LogP contribution is -2.10. The van der Waals surface area contributed by atoms with Gasteiger partial charge in [0.2, 0.25) is 0 Å². The molecule has 14 heavy (non-hydrogen) atoms. The highest BCUT2D eigenvalue weighted by molar-refractivity contribution is 6.03. The van der Waals surface area contributed by atoms with Crippen molar-refractivity contribution in [3.8, 4) is 0 Å². The zero-order valence-electron chi connectivity index (χ0n) is 7.31. The summed E-state index contributed by atoms with van der Waals surface area (Å²) in [6.45, 7) is 0. The van der Waals surface area contributed by atoms with E-state index in [1.807, 2.05) is 30.3 Å². The molecule has 0 aliphatic heterocycles. The Morgan fingerprint density at radius 3 is 2.71 bits per heavy atom. The van der Waals surface area contributed by atoms with Crippen molar-refractivity contribution in [3.05, 3.63) is 48.4 Å². The normalized spacial score (nSPS) is 9.71. The van der Waals surface area contributed by atoms with Crippen molar-refractivity contribution in [2.75, 3.05) is 5.32 Å². The van der Waals surface area contributed by atoms with E-state index < -0.39 is 0 Å². The fourth-order valence-electron chi connectivity index (χ4n) is 1.04. The van der Waals surface area contributed by atoms with Gasteiger partial charge in [-0.3, -0.25) is 4.79 Å². The first-order chi connectivity index (χ1) is 6.86. The van der Waals surface area contributed by atoms with E-state index in [4.69, 9.17) is 0 Å². The van der Waals surface area contributed by atoms with Crippen LogP contribution in [-0.4, -0.2) is 11.1 Å². The Hall–Kier alpha value is -2.10. The summed E-state index contributed by atoms with van der Waals surface area (Å²) in [6, 6.07) is 9.21. The lowest BCUT2D eigenvalue weighted by molar-refractivity contribution is 0.102. The van der Waals surface area contributed by atoms with Crippen LogP contribution in [0.1, 0.15) is 10.4 Å². The molecule has 0 aliphatic rings. The van der Waals surface area contributed by atoms with Crippen molar-refractivity contribution in [2.24, 2.45) is 0 Å². The Morgan fingerprint density at radius 1 is 1.29 bits per heavy atom. The summed E-state index contributed by atoms with van der Waals surface area (Å²) < 4.78 is 4.56. The molecule has 0 atom stereocenters. The summed E-state index contributed by atoms with van der Waals surface area (Å²) in [5, 5.41) is 6.15. The van der Waals surface area contributed by atoms with Gasteiger partial charge in [0.05, 0.1) is 11.8 Å². The number of carbonyl (C=O) groups excluding carboxylic acids is 1. The van der Waals surface area contributed by atoms with Crippen molar-refractivity contribution in [1.82, 2.24) is 5.16 Å². The highest BCUT2D eigenvalue weighted by Gasteiger charge is 2.06. The number of benzene rings is 1. The van der Waals surface area contributed by atoms with E-state index in [1.54, 1.807) is 0 Å². The van der Waals surface area contributed by atoms with Gasteiger partial charge in [-0.25, -0.2) is 0 Å². The highest BCUT2D eigenvalue weighted by atomic mass is 16.5. The number of para-hydroxylation sites is 1. The van der Waals surface area contributed by atoms with Crippen LogP contribution >= 0.6 is 0 Å². The number of hydrogen-bond acceptors (Lipinski definition) is 3. The van der Waals surface area contributed by atoms with Crippen LogP contribution in [0.4, 0.5) is 5.69 Å². The lowest BCUT2D eigenvalue weighted by atomic mass is 10.3. The average molecular weight is 188 g/mol. The van der Waals surface area contributed by atoms with Crippen molar-refractivity contribution < 1.29 is 9.32 Å². The Morgan fingerprint density at radius 2 is 2.07 bits per heavy atom. The van der Waals surface area contributed by atoms with Gasteiger partial charge in [0.1, 0.15) is 6.26 Å². The van der Waals surface area contributed by atoms with Crippen LogP contribution in [0.15, 0.2) is 47.3 Å². The summed E-state index contributed by atoms with van der Waals surface area (Å²) >= 11 is 0. The van der Waals surface area contributed by atoms with E-state index in [2.05, 4.69) is 15.0 Å². The quantitative estimate of drug-likeness (QED) is 0.783. The molecule has 0 radical (unpaired) electrons. The molecule has 1 heterocycles. The summed E-state index contributed by atoms with van der Waals surface area (Å²) in [6.07, 6.45) is 2.68. The smallest absolute Gasteiger partial charge is 0.260 e. The molecule has 0 aliphatic carbocycles. The van der Waals surface area contributed by atoms with Crippen LogP contribution in [0.3, 0.4) is 0 Å². The number of rotatable bonds is 2. The van der Waals surface area contributed by atoms with E-state index in [0.29, 0.717) is 5.56 Å². The zero-order valence-corrected chi connectivity index (χ0v) is 7.31. The van der Waals surface area contributed by atoms with Gasteiger partial charge in [0, 0.05) is 5.69 Å². The molecule has 1 N–H and O–H groups in total. The maximum atomic E-state index is 11.5. The molecule has 0 saturated carbocycles. The van der Waals surface area contributed by atoms with E-state index in [9.17, 15) is 4.79 Å². The van der Waals surface area contributed by atoms with Gasteiger partial charge >= 0.3 is 0 Å².